The summed E-state index contributed by atoms with van der Waals surface area (Å²) in [5.41, 5.74) is 8.05. The zero-order chi connectivity index (χ0) is 61.7. The van der Waals surface area contributed by atoms with Gasteiger partial charge in [-0.3, -0.25) is 9.55 Å². The van der Waals surface area contributed by atoms with Crippen LogP contribution in [0.25, 0.3) is 83.9 Å². The second-order valence-corrected chi connectivity index (χ2v) is 21.4. The molecule has 71 heavy (non-hydrogen) atoms. The van der Waals surface area contributed by atoms with Crippen LogP contribution in [0.2, 0.25) is 0 Å². The molecular formula is C67H71N3O. The molecule has 0 fully saturated rings. The first-order valence-electron chi connectivity index (χ1n) is 30.8. The number of imidazole rings is 1. The second-order valence-electron chi connectivity index (χ2n) is 21.4. The van der Waals surface area contributed by atoms with E-state index in [0.29, 0.717) is 67.2 Å². The van der Waals surface area contributed by atoms with E-state index in [4.69, 9.17) is 22.3 Å². The van der Waals surface area contributed by atoms with Gasteiger partial charge in [0.1, 0.15) is 11.6 Å². The molecular weight excluding hydrogens is 863 g/mol. The third-order valence-corrected chi connectivity index (χ3v) is 13.6. The fraction of sp³-hybridized carbons (Fsp3) is 0.284. The third-order valence-electron chi connectivity index (χ3n) is 13.6. The molecule has 0 aliphatic rings. The number of phenolic OH excluding ortho intramolecular Hbond substituents is 1. The van der Waals surface area contributed by atoms with E-state index in [9.17, 15) is 10.6 Å². The summed E-state index contributed by atoms with van der Waals surface area (Å²) in [6, 6.07) is 46.3. The second kappa shape index (κ2) is 18.6. The molecule has 4 heteroatoms. The molecule has 1 N–H and O–H groups in total. The van der Waals surface area contributed by atoms with Crippen LogP contribution in [-0.2, 0) is 16.2 Å². The predicted octanol–water partition coefficient (Wildman–Crippen LogP) is 18.6. The van der Waals surface area contributed by atoms with Gasteiger partial charge in [0.15, 0.2) is 0 Å². The van der Waals surface area contributed by atoms with Crippen molar-refractivity contribution in [2.75, 3.05) is 0 Å². The lowest BCUT2D eigenvalue weighted by molar-refractivity contribution is 0.446. The van der Waals surface area contributed by atoms with E-state index in [1.54, 1.807) is 18.3 Å². The van der Waals surface area contributed by atoms with E-state index in [1.807, 2.05) is 148 Å². The molecule has 4 nitrogen and oxygen atoms in total. The number of para-hydroxylation sites is 1. The Morgan fingerprint density at radius 2 is 1.23 bits per heavy atom. The van der Waals surface area contributed by atoms with Crippen molar-refractivity contribution in [3.05, 3.63) is 191 Å². The Balaban J connectivity index is 1.31. The van der Waals surface area contributed by atoms with E-state index >= 15 is 0 Å². The molecule has 0 spiro atoms. The zero-order valence-electron chi connectivity index (χ0n) is 55.4. The Morgan fingerprint density at radius 3 is 1.90 bits per heavy atom. The number of aromatic nitrogens is 3. The normalized spacial score (nSPS) is 16.0. The zero-order valence-corrected chi connectivity index (χ0v) is 42.4. The maximum Gasteiger partial charge on any atom is 0.149 e. The van der Waals surface area contributed by atoms with Crippen LogP contribution in [0.4, 0.5) is 0 Å². The number of aryl methyl sites for hydroxylation is 1. The molecule has 0 saturated carbocycles. The molecule has 0 aliphatic heterocycles. The van der Waals surface area contributed by atoms with Gasteiger partial charge in [0, 0.05) is 40.7 Å². The molecule has 7 aromatic carbocycles. The number of pyridine rings is 1. The van der Waals surface area contributed by atoms with Crippen LogP contribution in [0.1, 0.15) is 153 Å². The average molecular weight is 947 g/mol. The maximum absolute atomic E-state index is 12.7. The third kappa shape index (κ3) is 9.62. The molecule has 0 unspecified atom stereocenters. The summed E-state index contributed by atoms with van der Waals surface area (Å²) >= 11 is 0. The summed E-state index contributed by atoms with van der Waals surface area (Å²) in [5, 5.41) is 12.7. The van der Waals surface area contributed by atoms with Gasteiger partial charge in [0.25, 0.3) is 0 Å². The van der Waals surface area contributed by atoms with Gasteiger partial charge in [-0.2, -0.15) is 0 Å². The van der Waals surface area contributed by atoms with E-state index < -0.39 is 44.1 Å². The lowest BCUT2D eigenvalue weighted by atomic mass is 9.79. The highest BCUT2D eigenvalue weighted by atomic mass is 16.3. The summed E-state index contributed by atoms with van der Waals surface area (Å²) in [6.07, 6.45) is 1.63. The summed E-state index contributed by atoms with van der Waals surface area (Å²) in [5.74, 6) is -0.604. The number of aromatic hydroxyl groups is 1. The van der Waals surface area contributed by atoms with Crippen molar-refractivity contribution in [1.29, 1.82) is 0 Å². The molecule has 0 amide bonds. The van der Waals surface area contributed by atoms with Crippen LogP contribution < -0.4 is 0 Å². The quantitative estimate of drug-likeness (QED) is 0.157. The van der Waals surface area contributed by atoms with E-state index in [2.05, 4.69) is 40.7 Å². The Morgan fingerprint density at radius 1 is 0.549 bits per heavy atom. The smallest absolute Gasteiger partial charge is 0.149 e. The molecule has 9 aromatic rings. The number of benzene rings is 7. The van der Waals surface area contributed by atoms with Crippen LogP contribution in [0.3, 0.4) is 0 Å². The topological polar surface area (TPSA) is 50.9 Å². The van der Waals surface area contributed by atoms with Gasteiger partial charge < -0.3 is 5.11 Å². The number of hydrogen-bond acceptors (Lipinski definition) is 3. The number of rotatable bonds is 9. The van der Waals surface area contributed by atoms with Crippen LogP contribution >= 0.6 is 0 Å². The largest absolute Gasteiger partial charge is 0.507 e. The molecule has 2 heterocycles. The Labute approximate surface area is 441 Å². The van der Waals surface area contributed by atoms with Crippen molar-refractivity contribution in [2.45, 2.75) is 125 Å². The molecule has 0 saturated heterocycles. The van der Waals surface area contributed by atoms with Gasteiger partial charge in [-0.05, 0) is 156 Å². The standard InChI is InChI=1S/C67H71N3O/c1-41(2)53-22-18-23-54(42(3)4)61(53)47-28-31-59(43(5)34-47)70-60-25-19-24-55(62(60)69-64(70)56-39-52(66(9,10)11)40-57(63(56)71)67(12,13)14)49-35-48(44-20-16-15-17-21-44)36-50(37-49)58-38-46(32-33-68-58)45-26-29-51(30-27-45)65(6,7)8/h15-42,71H,1-14H3/i5D3,6D3,7D3,8D3,41D. The van der Waals surface area contributed by atoms with Gasteiger partial charge in [-0.15, -0.1) is 0 Å². The number of fused-ring (bicyclic) bond motifs is 1. The Kier molecular flexibility index (Phi) is 9.21. The van der Waals surface area contributed by atoms with E-state index in [1.165, 1.54) is 24.3 Å². The van der Waals surface area contributed by atoms with Gasteiger partial charge in [-0.25, -0.2) is 4.98 Å². The van der Waals surface area contributed by atoms with Crippen molar-refractivity contribution in [3.63, 3.8) is 0 Å². The number of nitrogens with zero attached hydrogens (tertiary/aromatic N) is 3. The summed E-state index contributed by atoms with van der Waals surface area (Å²) < 4.78 is 113. The SMILES string of the molecule is [2H]C([2H])([2H])c1cc(-c2c(C(C)C)cccc2C([2H])(C)C)ccc1-n1c(-c2cc(C(C)(C)C)cc(C(C)(C)C)c2O)nc2c(-c3cc(-c4ccccc4)cc(-c4cc(-c5ccc(C(C([2H])([2H])[2H])(C([2H])([2H])[2H])C([2H])([2H])[2H])cc5)ccn4)c3)cccc21. The summed E-state index contributed by atoms with van der Waals surface area (Å²) in [6.45, 7) is 7.42. The van der Waals surface area contributed by atoms with E-state index in [0.717, 1.165) is 38.9 Å². The van der Waals surface area contributed by atoms with Crippen molar-refractivity contribution >= 4 is 11.0 Å². The number of hydrogen-bond donors (Lipinski definition) is 1. The lowest BCUT2D eigenvalue weighted by Gasteiger charge is -2.27. The fourth-order valence-electron chi connectivity index (χ4n) is 9.65. The van der Waals surface area contributed by atoms with Gasteiger partial charge in [0.2, 0.25) is 0 Å². The van der Waals surface area contributed by atoms with E-state index in [-0.39, 0.29) is 28.2 Å². The molecule has 9 rings (SSSR count). The van der Waals surface area contributed by atoms with Crippen LogP contribution in [0, 0.1) is 6.85 Å². The van der Waals surface area contributed by atoms with Crippen molar-refractivity contribution in [1.82, 2.24) is 14.5 Å². The van der Waals surface area contributed by atoms with Crippen LogP contribution in [0.15, 0.2) is 158 Å². The first-order chi connectivity index (χ1) is 38.8. The number of phenols is 1. The molecule has 0 aliphatic carbocycles. The van der Waals surface area contributed by atoms with Gasteiger partial charge >= 0.3 is 0 Å². The minimum Gasteiger partial charge on any atom is -0.507 e. The summed E-state index contributed by atoms with van der Waals surface area (Å²) in [7, 11) is 0. The lowest BCUT2D eigenvalue weighted by Crippen LogP contribution is -2.17. The average Bonchev–Trinajstić information content (AvgIpc) is 0.985. The fourth-order valence-corrected chi connectivity index (χ4v) is 9.65. The van der Waals surface area contributed by atoms with Gasteiger partial charge in [0.05, 0.1) is 28.0 Å². The monoisotopic (exact) mass is 947 g/mol. The van der Waals surface area contributed by atoms with Gasteiger partial charge in [-0.1, -0.05) is 187 Å². The van der Waals surface area contributed by atoms with Crippen molar-refractivity contribution in [3.8, 4) is 78.6 Å². The van der Waals surface area contributed by atoms with Crippen LogP contribution in [-0.4, -0.2) is 19.6 Å². The Hall–Kier alpha value is -7.04. The summed E-state index contributed by atoms with van der Waals surface area (Å²) in [4.78, 5) is 10.4. The Bertz CT molecular complexity index is 3910. The minimum absolute atomic E-state index is 0.0222. The first-order valence-corrected chi connectivity index (χ1v) is 24.3. The highest BCUT2D eigenvalue weighted by Gasteiger charge is 2.29. The highest BCUT2D eigenvalue weighted by molar-refractivity contribution is 5.98. The van der Waals surface area contributed by atoms with Crippen molar-refractivity contribution in [2.24, 2.45) is 0 Å². The van der Waals surface area contributed by atoms with Crippen LogP contribution in [0.5, 0.6) is 5.75 Å². The highest BCUT2D eigenvalue weighted by Crippen LogP contribution is 2.46. The first kappa shape index (κ1) is 35.1. The van der Waals surface area contributed by atoms with Crippen molar-refractivity contribution < 1.29 is 22.9 Å². The molecule has 360 valence electrons. The predicted molar refractivity (Wildman–Crippen MR) is 302 cm³/mol. The minimum atomic E-state index is -3.41. The molecule has 0 radical (unpaired) electrons. The molecule has 0 atom stereocenters. The molecule has 0 bridgehead atoms. The maximum atomic E-state index is 12.7. The molecule has 2 aromatic heterocycles.